The standard InChI is InChI=1S/C14H14F3N3O2/c1-2-22-13(21)10-7-19-20(12(10)18)8-9-5-3-4-6-11(9)14(15,16)17/h3-7H,2,8,18H2,1H3. The summed E-state index contributed by atoms with van der Waals surface area (Å²) in [5.74, 6) is -0.689. The Morgan fingerprint density at radius 1 is 1.36 bits per heavy atom. The molecule has 0 saturated carbocycles. The molecule has 0 aliphatic heterocycles. The van der Waals surface area contributed by atoms with E-state index in [2.05, 4.69) is 5.10 Å². The van der Waals surface area contributed by atoms with Crippen molar-refractivity contribution in [1.29, 1.82) is 0 Å². The summed E-state index contributed by atoms with van der Waals surface area (Å²) >= 11 is 0. The van der Waals surface area contributed by atoms with E-state index in [0.29, 0.717) is 0 Å². The Morgan fingerprint density at radius 3 is 2.68 bits per heavy atom. The summed E-state index contributed by atoms with van der Waals surface area (Å²) < 4.78 is 44.8. The molecule has 0 radical (unpaired) electrons. The van der Waals surface area contributed by atoms with Crippen molar-refractivity contribution < 1.29 is 22.7 Å². The summed E-state index contributed by atoms with van der Waals surface area (Å²) in [4.78, 5) is 11.6. The van der Waals surface area contributed by atoms with E-state index >= 15 is 0 Å². The fourth-order valence-corrected chi connectivity index (χ4v) is 1.98. The van der Waals surface area contributed by atoms with Gasteiger partial charge in [-0.1, -0.05) is 18.2 Å². The minimum atomic E-state index is -4.47. The van der Waals surface area contributed by atoms with Gasteiger partial charge in [-0.15, -0.1) is 0 Å². The zero-order valence-corrected chi connectivity index (χ0v) is 11.7. The van der Waals surface area contributed by atoms with Crippen molar-refractivity contribution in [1.82, 2.24) is 9.78 Å². The summed E-state index contributed by atoms with van der Waals surface area (Å²) in [6.07, 6.45) is -3.29. The number of nitrogens with two attached hydrogens (primary N) is 1. The summed E-state index contributed by atoms with van der Waals surface area (Å²) in [6, 6.07) is 5.13. The number of hydrogen-bond acceptors (Lipinski definition) is 4. The first-order valence-electron chi connectivity index (χ1n) is 6.48. The molecule has 0 unspecified atom stereocenters. The van der Waals surface area contributed by atoms with Crippen LogP contribution in [0.2, 0.25) is 0 Å². The van der Waals surface area contributed by atoms with Gasteiger partial charge in [-0.25, -0.2) is 9.48 Å². The normalized spacial score (nSPS) is 11.5. The van der Waals surface area contributed by atoms with Crippen molar-refractivity contribution in [2.45, 2.75) is 19.6 Å². The van der Waals surface area contributed by atoms with Gasteiger partial charge in [0.2, 0.25) is 0 Å². The first kappa shape index (κ1) is 15.9. The number of esters is 1. The van der Waals surface area contributed by atoms with Crippen LogP contribution in [0.15, 0.2) is 30.5 Å². The summed E-state index contributed by atoms with van der Waals surface area (Å²) in [5, 5.41) is 3.86. The number of alkyl halides is 3. The lowest BCUT2D eigenvalue weighted by Gasteiger charge is -2.13. The highest BCUT2D eigenvalue weighted by molar-refractivity contribution is 5.93. The second kappa shape index (κ2) is 6.08. The lowest BCUT2D eigenvalue weighted by molar-refractivity contribution is -0.138. The lowest BCUT2D eigenvalue weighted by Crippen LogP contribution is -2.14. The second-order valence-corrected chi connectivity index (χ2v) is 4.48. The molecule has 1 heterocycles. The summed E-state index contributed by atoms with van der Waals surface area (Å²) in [5.41, 5.74) is 5.05. The van der Waals surface area contributed by atoms with Crippen molar-refractivity contribution in [2.75, 3.05) is 12.3 Å². The van der Waals surface area contributed by atoms with Crippen molar-refractivity contribution in [3.8, 4) is 0 Å². The molecule has 1 aromatic heterocycles. The van der Waals surface area contributed by atoms with Gasteiger partial charge < -0.3 is 10.5 Å². The van der Waals surface area contributed by atoms with Crippen molar-refractivity contribution >= 4 is 11.8 Å². The molecule has 22 heavy (non-hydrogen) atoms. The third kappa shape index (κ3) is 3.21. The van der Waals surface area contributed by atoms with Gasteiger partial charge in [0.15, 0.2) is 0 Å². The summed E-state index contributed by atoms with van der Waals surface area (Å²) in [6.45, 7) is 1.61. The Balaban J connectivity index is 2.32. The van der Waals surface area contributed by atoms with Gasteiger partial charge in [-0.2, -0.15) is 18.3 Å². The van der Waals surface area contributed by atoms with E-state index in [-0.39, 0.29) is 30.1 Å². The molecule has 0 amide bonds. The molecule has 0 atom stereocenters. The number of benzene rings is 1. The van der Waals surface area contributed by atoms with Crippen LogP contribution in [0.3, 0.4) is 0 Å². The van der Waals surface area contributed by atoms with Crippen LogP contribution in [0.1, 0.15) is 28.4 Å². The number of anilines is 1. The molecule has 5 nitrogen and oxygen atoms in total. The van der Waals surface area contributed by atoms with Gasteiger partial charge >= 0.3 is 12.1 Å². The molecular weight excluding hydrogens is 299 g/mol. The Morgan fingerprint density at radius 2 is 2.05 bits per heavy atom. The maximum absolute atomic E-state index is 13.0. The molecule has 118 valence electrons. The highest BCUT2D eigenvalue weighted by Gasteiger charge is 2.33. The monoisotopic (exact) mass is 313 g/mol. The number of hydrogen-bond donors (Lipinski definition) is 1. The highest BCUT2D eigenvalue weighted by atomic mass is 19.4. The van der Waals surface area contributed by atoms with Crippen LogP contribution in [0.4, 0.5) is 19.0 Å². The van der Waals surface area contributed by atoms with E-state index in [9.17, 15) is 18.0 Å². The minimum absolute atomic E-state index is 0.0141. The van der Waals surface area contributed by atoms with Gasteiger partial charge in [0, 0.05) is 0 Å². The van der Waals surface area contributed by atoms with Crippen LogP contribution in [0.25, 0.3) is 0 Å². The molecule has 0 saturated heterocycles. The number of halogens is 3. The Bertz CT molecular complexity index is 680. The van der Waals surface area contributed by atoms with Gasteiger partial charge in [-0.3, -0.25) is 0 Å². The molecule has 2 N–H and O–H groups in total. The van der Waals surface area contributed by atoms with Gasteiger partial charge in [0.1, 0.15) is 11.4 Å². The fraction of sp³-hybridized carbons (Fsp3) is 0.286. The Hall–Kier alpha value is -2.51. The summed E-state index contributed by atoms with van der Waals surface area (Å²) in [7, 11) is 0. The number of carbonyl (C=O) groups is 1. The number of nitrogen functional groups attached to an aromatic ring is 1. The fourth-order valence-electron chi connectivity index (χ4n) is 1.98. The van der Waals surface area contributed by atoms with E-state index in [0.717, 1.165) is 10.7 Å². The predicted molar refractivity (Wildman–Crippen MR) is 73.1 cm³/mol. The quantitative estimate of drug-likeness (QED) is 0.881. The lowest BCUT2D eigenvalue weighted by atomic mass is 10.1. The van der Waals surface area contributed by atoms with E-state index in [1.807, 2.05) is 0 Å². The zero-order chi connectivity index (χ0) is 16.3. The molecule has 2 rings (SSSR count). The molecule has 0 fully saturated rings. The van der Waals surface area contributed by atoms with E-state index in [4.69, 9.17) is 10.5 Å². The van der Waals surface area contributed by atoms with Crippen molar-refractivity contribution in [3.05, 3.63) is 47.2 Å². The first-order valence-corrected chi connectivity index (χ1v) is 6.48. The molecule has 0 aliphatic rings. The highest BCUT2D eigenvalue weighted by Crippen LogP contribution is 2.32. The number of nitrogens with zero attached hydrogens (tertiary/aromatic N) is 2. The molecule has 0 aliphatic carbocycles. The maximum atomic E-state index is 13.0. The molecule has 0 spiro atoms. The smallest absolute Gasteiger partial charge is 0.416 e. The van der Waals surface area contributed by atoms with Crippen LogP contribution in [-0.4, -0.2) is 22.4 Å². The van der Waals surface area contributed by atoms with Gasteiger partial charge in [0.25, 0.3) is 0 Å². The van der Waals surface area contributed by atoms with Gasteiger partial charge in [-0.05, 0) is 18.6 Å². The second-order valence-electron chi connectivity index (χ2n) is 4.48. The topological polar surface area (TPSA) is 70.1 Å². The van der Waals surface area contributed by atoms with E-state index in [1.165, 1.54) is 24.4 Å². The van der Waals surface area contributed by atoms with E-state index < -0.39 is 17.7 Å². The first-order chi connectivity index (χ1) is 10.3. The maximum Gasteiger partial charge on any atom is 0.416 e. The third-order valence-electron chi connectivity index (χ3n) is 3.02. The van der Waals surface area contributed by atoms with E-state index in [1.54, 1.807) is 6.92 Å². The van der Waals surface area contributed by atoms with Crippen LogP contribution in [0, 0.1) is 0 Å². The predicted octanol–water partition coefficient (Wildman–Crippen LogP) is 2.71. The largest absolute Gasteiger partial charge is 0.462 e. The molecular formula is C14H14F3N3O2. The number of rotatable bonds is 4. The Labute approximate surface area is 124 Å². The van der Waals surface area contributed by atoms with Crippen molar-refractivity contribution in [3.63, 3.8) is 0 Å². The van der Waals surface area contributed by atoms with Crippen LogP contribution < -0.4 is 5.73 Å². The number of ether oxygens (including phenoxy) is 1. The zero-order valence-electron chi connectivity index (χ0n) is 11.7. The number of aromatic nitrogens is 2. The number of carbonyl (C=O) groups excluding carboxylic acids is 1. The van der Waals surface area contributed by atoms with Crippen LogP contribution in [0.5, 0.6) is 0 Å². The average Bonchev–Trinajstić information content (AvgIpc) is 2.80. The Kier molecular flexibility index (Phi) is 4.39. The molecule has 8 heteroatoms. The third-order valence-corrected chi connectivity index (χ3v) is 3.02. The SMILES string of the molecule is CCOC(=O)c1cnn(Cc2ccccc2C(F)(F)F)c1N. The molecule has 1 aromatic carbocycles. The van der Waals surface area contributed by atoms with Crippen molar-refractivity contribution in [2.24, 2.45) is 0 Å². The molecule has 0 bridgehead atoms. The average molecular weight is 313 g/mol. The van der Waals surface area contributed by atoms with Gasteiger partial charge in [0.05, 0.1) is 24.9 Å². The van der Waals surface area contributed by atoms with Crippen LogP contribution in [-0.2, 0) is 17.5 Å². The van der Waals surface area contributed by atoms with Crippen LogP contribution >= 0.6 is 0 Å². The molecule has 2 aromatic rings. The minimum Gasteiger partial charge on any atom is -0.462 e.